The van der Waals surface area contributed by atoms with E-state index in [1.165, 1.54) is 0 Å². The van der Waals surface area contributed by atoms with Gasteiger partial charge in [0.15, 0.2) is 5.78 Å². The van der Waals surface area contributed by atoms with Crippen molar-refractivity contribution in [1.82, 2.24) is 4.98 Å². The van der Waals surface area contributed by atoms with E-state index in [4.69, 9.17) is 15.2 Å². The highest BCUT2D eigenvalue weighted by Gasteiger charge is 2.41. The lowest BCUT2D eigenvalue weighted by molar-refractivity contribution is 0.0915. The van der Waals surface area contributed by atoms with Crippen LogP contribution < -0.4 is 15.2 Å². The maximum Gasteiger partial charge on any atom is 0.191 e. The number of rotatable bonds is 7. The Morgan fingerprint density at radius 1 is 1.00 bits per heavy atom. The molecule has 1 heterocycles. The number of aromatic amines is 1. The van der Waals surface area contributed by atoms with Crippen molar-refractivity contribution < 1.29 is 19.4 Å². The molecule has 0 aliphatic carbocycles. The van der Waals surface area contributed by atoms with Crippen LogP contribution in [0.3, 0.4) is 0 Å². The molecule has 1 unspecified atom stereocenters. The van der Waals surface area contributed by atoms with Gasteiger partial charge in [-0.05, 0) is 17.7 Å². The van der Waals surface area contributed by atoms with Crippen molar-refractivity contribution in [3.8, 4) is 11.5 Å². The number of fused-ring (bicyclic) bond motifs is 1. The number of hydrogen-bond donors (Lipinski definition) is 3. The highest BCUT2D eigenvalue weighted by Crippen LogP contribution is 2.39. The lowest BCUT2D eigenvalue weighted by atomic mass is 9.77. The first-order valence-electron chi connectivity index (χ1n) is 9.85. The van der Waals surface area contributed by atoms with Crippen molar-refractivity contribution in [2.75, 3.05) is 14.2 Å². The number of aliphatic hydroxyl groups excluding tert-OH is 1. The quantitative estimate of drug-likeness (QED) is 0.399. The van der Waals surface area contributed by atoms with E-state index in [1.54, 1.807) is 62.9 Å². The van der Waals surface area contributed by atoms with Crippen LogP contribution >= 0.6 is 0 Å². The Kier molecular flexibility index (Phi) is 5.50. The predicted octanol–water partition coefficient (Wildman–Crippen LogP) is 3.76. The molecule has 0 radical (unpaired) electrons. The molecule has 3 aromatic carbocycles. The van der Waals surface area contributed by atoms with E-state index in [0.29, 0.717) is 28.2 Å². The fourth-order valence-corrected chi connectivity index (χ4v) is 3.94. The molecule has 0 bridgehead atoms. The fraction of sp³-hybridized carbons (Fsp3) is 0.160. The van der Waals surface area contributed by atoms with Gasteiger partial charge in [-0.2, -0.15) is 0 Å². The minimum Gasteiger partial charge on any atom is -0.497 e. The van der Waals surface area contributed by atoms with E-state index in [1.807, 2.05) is 24.3 Å². The molecule has 0 fully saturated rings. The molecular formula is C25H24N2O4. The molecule has 0 saturated heterocycles. The van der Waals surface area contributed by atoms with Crippen LogP contribution in [0.5, 0.6) is 11.5 Å². The number of methoxy groups -OCH3 is 2. The van der Waals surface area contributed by atoms with Crippen molar-refractivity contribution >= 4 is 16.7 Å². The molecule has 4 N–H and O–H groups in total. The van der Waals surface area contributed by atoms with Crippen molar-refractivity contribution in [3.63, 3.8) is 0 Å². The average molecular weight is 416 g/mol. The normalized spacial score (nSPS) is 13.0. The second kappa shape index (κ2) is 8.26. The average Bonchev–Trinajstić information content (AvgIpc) is 3.28. The second-order valence-corrected chi connectivity index (χ2v) is 7.30. The molecule has 6 nitrogen and oxygen atoms in total. The number of ketones is 1. The van der Waals surface area contributed by atoms with Gasteiger partial charge in [-0.3, -0.25) is 4.79 Å². The van der Waals surface area contributed by atoms with Crippen LogP contribution in [0.4, 0.5) is 0 Å². The predicted molar refractivity (Wildman–Crippen MR) is 120 cm³/mol. The summed E-state index contributed by atoms with van der Waals surface area (Å²) >= 11 is 0. The number of Topliss-reactive ketones (excluding diaryl/α,β-unsaturated/α-hetero) is 1. The lowest BCUT2D eigenvalue weighted by Crippen LogP contribution is -2.46. The maximum atomic E-state index is 13.9. The summed E-state index contributed by atoms with van der Waals surface area (Å²) in [5.41, 5.74) is 8.57. The van der Waals surface area contributed by atoms with Crippen LogP contribution in [-0.4, -0.2) is 30.1 Å². The third kappa shape index (κ3) is 3.46. The van der Waals surface area contributed by atoms with Crippen LogP contribution in [0.1, 0.15) is 27.0 Å². The fourth-order valence-electron chi connectivity index (χ4n) is 3.94. The van der Waals surface area contributed by atoms with E-state index >= 15 is 0 Å². The van der Waals surface area contributed by atoms with Gasteiger partial charge in [0.05, 0.1) is 26.3 Å². The highest BCUT2D eigenvalue weighted by atomic mass is 16.5. The number of para-hydroxylation sites is 1. The molecule has 31 heavy (non-hydrogen) atoms. The number of hydrogen-bond acceptors (Lipinski definition) is 5. The third-order valence-electron chi connectivity index (χ3n) is 5.60. The number of aliphatic hydroxyl groups is 1. The molecular weight excluding hydrogens is 392 g/mol. The van der Waals surface area contributed by atoms with Crippen molar-refractivity contribution in [3.05, 3.63) is 95.2 Å². The number of benzene rings is 3. The second-order valence-electron chi connectivity index (χ2n) is 7.30. The van der Waals surface area contributed by atoms with Gasteiger partial charge in [-0.25, -0.2) is 0 Å². The maximum absolute atomic E-state index is 13.9. The molecule has 0 aliphatic heterocycles. The van der Waals surface area contributed by atoms with Crippen molar-refractivity contribution in [1.29, 1.82) is 0 Å². The number of carbonyl (C=O) groups excluding carboxylic acids is 1. The van der Waals surface area contributed by atoms with Crippen LogP contribution in [0.2, 0.25) is 0 Å². The summed E-state index contributed by atoms with van der Waals surface area (Å²) in [5.74, 6) is 0.792. The third-order valence-corrected chi connectivity index (χ3v) is 5.60. The van der Waals surface area contributed by atoms with Gasteiger partial charge in [0.2, 0.25) is 0 Å². The molecule has 0 aliphatic rings. The zero-order chi connectivity index (χ0) is 22.0. The van der Waals surface area contributed by atoms with Gasteiger partial charge in [0, 0.05) is 34.3 Å². The number of nitrogens with two attached hydrogens (primary N) is 1. The Balaban J connectivity index is 2.03. The Morgan fingerprint density at radius 2 is 1.68 bits per heavy atom. The Bertz CT molecular complexity index is 1210. The number of aromatic nitrogens is 1. The van der Waals surface area contributed by atoms with E-state index < -0.39 is 5.54 Å². The largest absolute Gasteiger partial charge is 0.497 e. The first kappa shape index (κ1) is 20.7. The summed E-state index contributed by atoms with van der Waals surface area (Å²) in [4.78, 5) is 17.1. The SMILES string of the molecule is COc1cc(OC)cc(C(N)(C(=O)c2ccccc2)c2c[nH]c3c(CO)cccc23)c1. The first-order chi connectivity index (χ1) is 15.0. The molecule has 4 rings (SSSR count). The van der Waals surface area contributed by atoms with E-state index in [2.05, 4.69) is 4.98 Å². The zero-order valence-electron chi connectivity index (χ0n) is 17.4. The molecule has 4 aromatic rings. The highest BCUT2D eigenvalue weighted by molar-refractivity contribution is 6.08. The van der Waals surface area contributed by atoms with E-state index in [9.17, 15) is 9.90 Å². The molecule has 0 amide bonds. The van der Waals surface area contributed by atoms with Crippen LogP contribution in [0.25, 0.3) is 10.9 Å². The number of H-pyrrole nitrogens is 1. The Hall–Kier alpha value is -3.61. The summed E-state index contributed by atoms with van der Waals surface area (Å²) < 4.78 is 10.9. The number of ether oxygens (including phenoxy) is 2. The standard InChI is InChI=1S/C25H24N2O4/c1-30-19-11-18(12-20(13-19)31-2)25(26,24(29)16-7-4-3-5-8-16)22-14-27-23-17(15-28)9-6-10-21(22)23/h3-14,27-28H,15,26H2,1-2H3. The van der Waals surface area contributed by atoms with E-state index in [0.717, 1.165) is 16.5 Å². The first-order valence-corrected chi connectivity index (χ1v) is 9.85. The molecule has 1 aromatic heterocycles. The summed E-state index contributed by atoms with van der Waals surface area (Å²) in [6, 6.07) is 19.7. The van der Waals surface area contributed by atoms with Gasteiger partial charge < -0.3 is 25.3 Å². The van der Waals surface area contributed by atoms with Crippen LogP contribution in [-0.2, 0) is 12.1 Å². The zero-order valence-corrected chi connectivity index (χ0v) is 17.4. The van der Waals surface area contributed by atoms with E-state index in [-0.39, 0.29) is 12.4 Å². The lowest BCUT2D eigenvalue weighted by Gasteiger charge is -2.29. The van der Waals surface area contributed by atoms with Crippen LogP contribution in [0, 0.1) is 0 Å². The van der Waals surface area contributed by atoms with Gasteiger partial charge in [0.1, 0.15) is 17.0 Å². The minimum atomic E-state index is -1.53. The summed E-state index contributed by atoms with van der Waals surface area (Å²) in [5, 5.41) is 10.5. The topological polar surface area (TPSA) is 97.6 Å². The molecule has 0 spiro atoms. The van der Waals surface area contributed by atoms with Gasteiger partial charge in [-0.15, -0.1) is 0 Å². The smallest absolute Gasteiger partial charge is 0.191 e. The minimum absolute atomic E-state index is 0.130. The van der Waals surface area contributed by atoms with Crippen molar-refractivity contribution in [2.45, 2.75) is 12.1 Å². The summed E-state index contributed by atoms with van der Waals surface area (Å²) in [6.07, 6.45) is 1.73. The Labute approximate surface area is 180 Å². The summed E-state index contributed by atoms with van der Waals surface area (Å²) in [7, 11) is 3.10. The molecule has 6 heteroatoms. The molecule has 158 valence electrons. The Morgan fingerprint density at radius 3 is 2.29 bits per heavy atom. The molecule has 1 atom stereocenters. The van der Waals surface area contributed by atoms with Crippen LogP contribution in [0.15, 0.2) is 72.9 Å². The number of nitrogens with one attached hydrogen (secondary N) is 1. The monoisotopic (exact) mass is 416 g/mol. The van der Waals surface area contributed by atoms with Gasteiger partial charge in [0.25, 0.3) is 0 Å². The van der Waals surface area contributed by atoms with Crippen molar-refractivity contribution in [2.24, 2.45) is 5.73 Å². The molecule has 0 saturated carbocycles. The number of carbonyl (C=O) groups is 1. The van der Waals surface area contributed by atoms with Gasteiger partial charge in [-0.1, -0.05) is 48.5 Å². The summed E-state index contributed by atoms with van der Waals surface area (Å²) in [6.45, 7) is -0.130. The van der Waals surface area contributed by atoms with Gasteiger partial charge >= 0.3 is 0 Å².